The fraction of sp³-hybridized carbons (Fsp3) is 0.286. The Kier molecular flexibility index (Phi) is 4.19. The van der Waals surface area contributed by atoms with Crippen LogP contribution in [0.4, 0.5) is 4.39 Å². The average molecular weight is 312 g/mol. The molecule has 96 valence electrons. The highest BCUT2D eigenvalue weighted by molar-refractivity contribution is 9.10. The maximum absolute atomic E-state index is 13.0. The molecule has 0 aliphatic rings. The minimum atomic E-state index is -0.236. The summed E-state index contributed by atoms with van der Waals surface area (Å²) in [6.45, 7) is 1.92. The molecule has 0 spiro atoms. The zero-order valence-corrected chi connectivity index (χ0v) is 11.9. The molecule has 1 N–H and O–H groups in total. The van der Waals surface area contributed by atoms with E-state index in [0.29, 0.717) is 0 Å². The summed E-state index contributed by atoms with van der Waals surface area (Å²) in [5.74, 6) is 1.55. The molecule has 0 fully saturated rings. The van der Waals surface area contributed by atoms with Crippen molar-refractivity contribution >= 4 is 15.9 Å². The van der Waals surface area contributed by atoms with Crippen molar-refractivity contribution in [1.29, 1.82) is 0 Å². The topological polar surface area (TPSA) is 25.2 Å². The van der Waals surface area contributed by atoms with E-state index in [1.165, 1.54) is 12.1 Å². The Balaban J connectivity index is 2.20. The molecule has 0 aliphatic heterocycles. The number of benzene rings is 1. The second-order valence-electron chi connectivity index (χ2n) is 4.23. The highest BCUT2D eigenvalue weighted by Crippen LogP contribution is 2.25. The van der Waals surface area contributed by atoms with Crippen LogP contribution in [0.15, 0.2) is 39.2 Å². The maximum Gasteiger partial charge on any atom is 0.124 e. The molecule has 0 bridgehead atoms. The number of furan rings is 1. The van der Waals surface area contributed by atoms with E-state index in [1.807, 2.05) is 26.1 Å². The predicted molar refractivity (Wildman–Crippen MR) is 73.0 cm³/mol. The van der Waals surface area contributed by atoms with Crippen molar-refractivity contribution in [3.05, 3.63) is 57.7 Å². The van der Waals surface area contributed by atoms with Gasteiger partial charge in [-0.2, -0.15) is 0 Å². The van der Waals surface area contributed by atoms with Gasteiger partial charge >= 0.3 is 0 Å². The third kappa shape index (κ3) is 3.00. The monoisotopic (exact) mass is 311 g/mol. The van der Waals surface area contributed by atoms with Crippen LogP contribution in [0.2, 0.25) is 0 Å². The SMILES string of the molecule is CNC(Cc1ccc(F)cc1Br)c1ccc(C)o1. The molecule has 2 aromatic rings. The molecule has 1 heterocycles. The van der Waals surface area contributed by atoms with Gasteiger partial charge in [0.25, 0.3) is 0 Å². The fourth-order valence-corrected chi connectivity index (χ4v) is 2.41. The minimum absolute atomic E-state index is 0.0838. The average Bonchev–Trinajstić information content (AvgIpc) is 2.75. The maximum atomic E-state index is 13.0. The number of nitrogens with one attached hydrogen (secondary N) is 1. The van der Waals surface area contributed by atoms with Crippen LogP contribution < -0.4 is 5.32 Å². The molecular weight excluding hydrogens is 297 g/mol. The first kappa shape index (κ1) is 13.3. The number of hydrogen-bond acceptors (Lipinski definition) is 2. The first-order chi connectivity index (χ1) is 8.60. The molecule has 2 rings (SSSR count). The third-order valence-electron chi connectivity index (χ3n) is 2.89. The van der Waals surface area contributed by atoms with Gasteiger partial charge in [-0.05, 0) is 50.2 Å². The summed E-state index contributed by atoms with van der Waals surface area (Å²) >= 11 is 3.38. The highest BCUT2D eigenvalue weighted by atomic mass is 79.9. The molecule has 0 saturated carbocycles. The van der Waals surface area contributed by atoms with Gasteiger partial charge in [0.05, 0.1) is 6.04 Å². The van der Waals surface area contributed by atoms with E-state index < -0.39 is 0 Å². The largest absolute Gasteiger partial charge is 0.465 e. The molecular formula is C14H15BrFNO. The Morgan fingerprint density at radius 2 is 2.11 bits per heavy atom. The highest BCUT2D eigenvalue weighted by Gasteiger charge is 2.15. The van der Waals surface area contributed by atoms with Gasteiger partial charge in [0.1, 0.15) is 17.3 Å². The number of rotatable bonds is 4. The normalized spacial score (nSPS) is 12.7. The van der Waals surface area contributed by atoms with Crippen molar-refractivity contribution < 1.29 is 8.81 Å². The van der Waals surface area contributed by atoms with E-state index in [9.17, 15) is 4.39 Å². The minimum Gasteiger partial charge on any atom is -0.465 e. The number of halogens is 2. The van der Waals surface area contributed by atoms with Gasteiger partial charge in [-0.3, -0.25) is 0 Å². The summed E-state index contributed by atoms with van der Waals surface area (Å²) in [6, 6.07) is 8.74. The number of aryl methyl sites for hydroxylation is 1. The standard InChI is InChI=1S/C14H15BrFNO/c1-9-3-6-14(18-9)13(17-2)7-10-4-5-11(16)8-12(10)15/h3-6,8,13,17H,7H2,1-2H3. The van der Waals surface area contributed by atoms with E-state index >= 15 is 0 Å². The van der Waals surface area contributed by atoms with Crippen molar-refractivity contribution in [3.63, 3.8) is 0 Å². The molecule has 4 heteroatoms. The molecule has 0 amide bonds. The Morgan fingerprint density at radius 3 is 2.67 bits per heavy atom. The van der Waals surface area contributed by atoms with E-state index in [-0.39, 0.29) is 11.9 Å². The van der Waals surface area contributed by atoms with Crippen molar-refractivity contribution in [2.75, 3.05) is 7.05 Å². The lowest BCUT2D eigenvalue weighted by atomic mass is 10.0. The second-order valence-corrected chi connectivity index (χ2v) is 5.08. The van der Waals surface area contributed by atoms with Crippen molar-refractivity contribution in [3.8, 4) is 0 Å². The summed E-state index contributed by atoms with van der Waals surface area (Å²) < 4.78 is 19.4. The molecule has 1 aromatic carbocycles. The Labute approximate surface area is 114 Å². The predicted octanol–water partition coefficient (Wildman–Crippen LogP) is 3.99. The van der Waals surface area contributed by atoms with E-state index in [2.05, 4.69) is 21.2 Å². The van der Waals surface area contributed by atoms with Crippen LogP contribution in [0.25, 0.3) is 0 Å². The summed E-state index contributed by atoms with van der Waals surface area (Å²) in [5.41, 5.74) is 1.05. The van der Waals surface area contributed by atoms with E-state index in [0.717, 1.165) is 28.0 Å². The van der Waals surface area contributed by atoms with Crippen LogP contribution in [-0.4, -0.2) is 7.05 Å². The Bertz CT molecular complexity index is 538. The summed E-state index contributed by atoms with van der Waals surface area (Å²) in [7, 11) is 1.89. The van der Waals surface area contributed by atoms with Gasteiger partial charge in [0.15, 0.2) is 0 Å². The molecule has 1 aromatic heterocycles. The Hall–Kier alpha value is -1.13. The van der Waals surface area contributed by atoms with Gasteiger partial charge in [-0.1, -0.05) is 22.0 Å². The lowest BCUT2D eigenvalue weighted by Gasteiger charge is -2.14. The molecule has 0 radical (unpaired) electrons. The van der Waals surface area contributed by atoms with Gasteiger partial charge in [0, 0.05) is 4.47 Å². The molecule has 1 unspecified atom stereocenters. The molecule has 18 heavy (non-hydrogen) atoms. The van der Waals surface area contributed by atoms with Gasteiger partial charge in [-0.15, -0.1) is 0 Å². The van der Waals surface area contributed by atoms with Crippen molar-refractivity contribution in [1.82, 2.24) is 5.32 Å². The Morgan fingerprint density at radius 1 is 1.33 bits per heavy atom. The summed E-state index contributed by atoms with van der Waals surface area (Å²) in [6.07, 6.45) is 0.740. The molecule has 2 nitrogen and oxygen atoms in total. The zero-order valence-electron chi connectivity index (χ0n) is 10.3. The lowest BCUT2D eigenvalue weighted by Crippen LogP contribution is -2.18. The molecule has 0 saturated heterocycles. The van der Waals surface area contributed by atoms with Crippen molar-refractivity contribution in [2.24, 2.45) is 0 Å². The molecule has 0 aliphatic carbocycles. The van der Waals surface area contributed by atoms with Gasteiger partial charge in [-0.25, -0.2) is 4.39 Å². The third-order valence-corrected chi connectivity index (χ3v) is 3.63. The number of likely N-dealkylation sites (N-methyl/N-ethyl adjacent to an activating group) is 1. The lowest BCUT2D eigenvalue weighted by molar-refractivity contribution is 0.414. The van der Waals surface area contributed by atoms with Crippen LogP contribution >= 0.6 is 15.9 Å². The zero-order chi connectivity index (χ0) is 13.1. The van der Waals surface area contributed by atoms with Crippen LogP contribution in [0.1, 0.15) is 23.1 Å². The van der Waals surface area contributed by atoms with Crippen LogP contribution in [0.5, 0.6) is 0 Å². The second kappa shape index (κ2) is 5.67. The fourth-order valence-electron chi connectivity index (χ4n) is 1.89. The van der Waals surface area contributed by atoms with Crippen LogP contribution in [0, 0.1) is 12.7 Å². The first-order valence-corrected chi connectivity index (χ1v) is 6.57. The summed E-state index contributed by atoms with van der Waals surface area (Å²) in [4.78, 5) is 0. The van der Waals surface area contributed by atoms with E-state index in [4.69, 9.17) is 4.42 Å². The smallest absolute Gasteiger partial charge is 0.124 e. The van der Waals surface area contributed by atoms with E-state index in [1.54, 1.807) is 6.07 Å². The quantitative estimate of drug-likeness (QED) is 0.923. The molecule has 1 atom stereocenters. The first-order valence-electron chi connectivity index (χ1n) is 5.77. The van der Waals surface area contributed by atoms with Gasteiger partial charge < -0.3 is 9.73 Å². The summed E-state index contributed by atoms with van der Waals surface area (Å²) in [5, 5.41) is 3.21. The van der Waals surface area contributed by atoms with Crippen LogP contribution in [0.3, 0.4) is 0 Å². The van der Waals surface area contributed by atoms with Gasteiger partial charge in [0.2, 0.25) is 0 Å². The van der Waals surface area contributed by atoms with Crippen LogP contribution in [-0.2, 0) is 6.42 Å². The van der Waals surface area contributed by atoms with Crippen molar-refractivity contribution in [2.45, 2.75) is 19.4 Å². The number of hydrogen-bond donors (Lipinski definition) is 1.